The molecular weight excluding hydrogens is 208 g/mol. The van der Waals surface area contributed by atoms with Gasteiger partial charge in [0.2, 0.25) is 0 Å². The fourth-order valence-corrected chi connectivity index (χ4v) is 2.09. The van der Waals surface area contributed by atoms with Crippen molar-refractivity contribution in [3.63, 3.8) is 0 Å². The van der Waals surface area contributed by atoms with Crippen LogP contribution in [-0.4, -0.2) is 4.98 Å². The van der Waals surface area contributed by atoms with Gasteiger partial charge in [0.25, 0.3) is 0 Å². The number of hydrogen-bond acceptors (Lipinski definition) is 1. The molecule has 15 heavy (non-hydrogen) atoms. The standard InChI is InChI=1S/C12H9ClN2/c13-7-4-5-11-9(6-7)8-2-1-3-10(14)12(8)15-11/h1-6,15H,14H2. The summed E-state index contributed by atoms with van der Waals surface area (Å²) in [4.78, 5) is 3.29. The molecule has 0 aliphatic carbocycles. The first-order valence-corrected chi connectivity index (χ1v) is 5.09. The smallest absolute Gasteiger partial charge is 0.0698 e. The summed E-state index contributed by atoms with van der Waals surface area (Å²) in [5.41, 5.74) is 8.70. The van der Waals surface area contributed by atoms with E-state index >= 15 is 0 Å². The van der Waals surface area contributed by atoms with Gasteiger partial charge in [0.05, 0.1) is 11.2 Å². The Morgan fingerprint density at radius 1 is 1.07 bits per heavy atom. The quantitative estimate of drug-likeness (QED) is 0.555. The Balaban J connectivity index is 2.58. The summed E-state index contributed by atoms with van der Waals surface area (Å²) < 4.78 is 0. The lowest BCUT2D eigenvalue weighted by atomic mass is 10.1. The van der Waals surface area contributed by atoms with E-state index < -0.39 is 0 Å². The molecule has 0 amide bonds. The minimum atomic E-state index is 0.742. The zero-order valence-electron chi connectivity index (χ0n) is 7.92. The molecule has 0 aliphatic rings. The molecule has 0 aliphatic heterocycles. The van der Waals surface area contributed by atoms with Gasteiger partial charge in [0, 0.05) is 21.3 Å². The molecule has 74 valence electrons. The summed E-state index contributed by atoms with van der Waals surface area (Å²) in [6.07, 6.45) is 0. The van der Waals surface area contributed by atoms with Crippen molar-refractivity contribution in [2.45, 2.75) is 0 Å². The molecule has 3 aromatic rings. The first kappa shape index (κ1) is 8.62. The van der Waals surface area contributed by atoms with E-state index in [4.69, 9.17) is 17.3 Å². The molecule has 0 fully saturated rings. The van der Waals surface area contributed by atoms with Crippen LogP contribution < -0.4 is 5.73 Å². The number of para-hydroxylation sites is 1. The molecule has 1 heterocycles. The molecule has 1 aromatic heterocycles. The summed E-state index contributed by atoms with van der Waals surface area (Å²) in [6, 6.07) is 11.7. The highest BCUT2D eigenvalue weighted by atomic mass is 35.5. The lowest BCUT2D eigenvalue weighted by Crippen LogP contribution is -1.84. The summed E-state index contributed by atoms with van der Waals surface area (Å²) in [7, 11) is 0. The Labute approximate surface area is 91.6 Å². The molecule has 0 bridgehead atoms. The van der Waals surface area contributed by atoms with Crippen molar-refractivity contribution in [3.05, 3.63) is 41.4 Å². The molecule has 0 radical (unpaired) electrons. The van der Waals surface area contributed by atoms with Gasteiger partial charge in [0.1, 0.15) is 0 Å². The van der Waals surface area contributed by atoms with Gasteiger partial charge in [-0.1, -0.05) is 23.7 Å². The van der Waals surface area contributed by atoms with Crippen molar-refractivity contribution >= 4 is 39.1 Å². The number of nitrogens with one attached hydrogen (secondary N) is 1. The Hall–Kier alpha value is -1.67. The summed E-state index contributed by atoms with van der Waals surface area (Å²) in [6.45, 7) is 0. The van der Waals surface area contributed by atoms with E-state index in [-0.39, 0.29) is 0 Å². The first-order chi connectivity index (χ1) is 7.25. The van der Waals surface area contributed by atoms with Crippen LogP contribution in [0.2, 0.25) is 5.02 Å². The van der Waals surface area contributed by atoms with Gasteiger partial charge in [-0.3, -0.25) is 0 Å². The third-order valence-corrected chi connectivity index (χ3v) is 2.86. The van der Waals surface area contributed by atoms with Crippen LogP contribution in [0.5, 0.6) is 0 Å². The number of aromatic nitrogens is 1. The number of anilines is 1. The van der Waals surface area contributed by atoms with Gasteiger partial charge in [-0.25, -0.2) is 0 Å². The second-order valence-corrected chi connectivity index (χ2v) is 4.02. The molecule has 0 saturated heterocycles. The van der Waals surface area contributed by atoms with Crippen LogP contribution in [0.4, 0.5) is 5.69 Å². The predicted molar refractivity (Wildman–Crippen MR) is 65.2 cm³/mol. The van der Waals surface area contributed by atoms with Crippen molar-refractivity contribution in [1.29, 1.82) is 0 Å². The summed E-state index contributed by atoms with van der Waals surface area (Å²) in [5, 5.41) is 2.98. The zero-order valence-corrected chi connectivity index (χ0v) is 8.68. The van der Waals surface area contributed by atoms with Crippen molar-refractivity contribution in [2.75, 3.05) is 5.73 Å². The number of halogens is 1. The number of hydrogen-bond donors (Lipinski definition) is 2. The fourth-order valence-electron chi connectivity index (χ4n) is 1.92. The Morgan fingerprint density at radius 3 is 2.80 bits per heavy atom. The maximum absolute atomic E-state index is 5.97. The number of nitrogens with two attached hydrogens (primary N) is 1. The van der Waals surface area contributed by atoms with Crippen molar-refractivity contribution in [3.8, 4) is 0 Å². The average Bonchev–Trinajstić information content (AvgIpc) is 2.58. The first-order valence-electron chi connectivity index (χ1n) is 4.71. The molecular formula is C12H9ClN2. The summed E-state index contributed by atoms with van der Waals surface area (Å²) in [5.74, 6) is 0. The number of aromatic amines is 1. The SMILES string of the molecule is Nc1cccc2c1[nH]c1ccc(Cl)cc12. The lowest BCUT2D eigenvalue weighted by molar-refractivity contribution is 1.54. The maximum atomic E-state index is 5.97. The average molecular weight is 217 g/mol. The van der Waals surface area contributed by atoms with Crippen LogP contribution >= 0.6 is 11.6 Å². The maximum Gasteiger partial charge on any atom is 0.0698 e. The minimum Gasteiger partial charge on any atom is -0.397 e. The number of nitrogen functional groups attached to an aromatic ring is 1. The minimum absolute atomic E-state index is 0.742. The highest BCUT2D eigenvalue weighted by Gasteiger charge is 2.05. The molecule has 3 rings (SSSR count). The van der Waals surface area contributed by atoms with Crippen LogP contribution in [0.1, 0.15) is 0 Å². The Morgan fingerprint density at radius 2 is 1.93 bits per heavy atom. The van der Waals surface area contributed by atoms with Crippen molar-refractivity contribution in [1.82, 2.24) is 4.98 Å². The van der Waals surface area contributed by atoms with Crippen LogP contribution in [0.25, 0.3) is 21.8 Å². The predicted octanol–water partition coefficient (Wildman–Crippen LogP) is 3.56. The number of H-pyrrole nitrogens is 1. The Bertz CT molecular complexity index is 655. The highest BCUT2D eigenvalue weighted by molar-refractivity contribution is 6.32. The fraction of sp³-hybridized carbons (Fsp3) is 0. The molecule has 0 saturated carbocycles. The van der Waals surface area contributed by atoms with E-state index in [9.17, 15) is 0 Å². The zero-order chi connectivity index (χ0) is 10.4. The van der Waals surface area contributed by atoms with Crippen molar-refractivity contribution < 1.29 is 0 Å². The molecule has 0 spiro atoms. The van der Waals surface area contributed by atoms with Crippen LogP contribution in [0.15, 0.2) is 36.4 Å². The number of rotatable bonds is 0. The van der Waals surface area contributed by atoms with E-state index in [2.05, 4.69) is 4.98 Å². The van der Waals surface area contributed by atoms with Gasteiger partial charge < -0.3 is 10.7 Å². The van der Waals surface area contributed by atoms with E-state index in [1.807, 2.05) is 36.4 Å². The lowest BCUT2D eigenvalue weighted by Gasteiger charge is -1.94. The largest absolute Gasteiger partial charge is 0.397 e. The van der Waals surface area contributed by atoms with E-state index in [0.717, 1.165) is 32.5 Å². The van der Waals surface area contributed by atoms with Gasteiger partial charge in [-0.15, -0.1) is 0 Å². The molecule has 2 nitrogen and oxygen atoms in total. The van der Waals surface area contributed by atoms with Gasteiger partial charge >= 0.3 is 0 Å². The molecule has 3 N–H and O–H groups in total. The van der Waals surface area contributed by atoms with Crippen LogP contribution in [0, 0.1) is 0 Å². The van der Waals surface area contributed by atoms with E-state index in [1.165, 1.54) is 0 Å². The number of benzene rings is 2. The van der Waals surface area contributed by atoms with Gasteiger partial charge in [-0.2, -0.15) is 0 Å². The highest BCUT2D eigenvalue weighted by Crippen LogP contribution is 2.30. The second-order valence-electron chi connectivity index (χ2n) is 3.58. The van der Waals surface area contributed by atoms with Gasteiger partial charge in [-0.05, 0) is 24.3 Å². The molecule has 0 unspecified atom stereocenters. The molecule has 3 heteroatoms. The topological polar surface area (TPSA) is 41.8 Å². The third-order valence-electron chi connectivity index (χ3n) is 2.63. The number of fused-ring (bicyclic) bond motifs is 3. The monoisotopic (exact) mass is 216 g/mol. The molecule has 2 aromatic carbocycles. The van der Waals surface area contributed by atoms with Gasteiger partial charge in [0.15, 0.2) is 0 Å². The van der Waals surface area contributed by atoms with Crippen molar-refractivity contribution in [2.24, 2.45) is 0 Å². The van der Waals surface area contributed by atoms with Crippen LogP contribution in [0.3, 0.4) is 0 Å². The Kier molecular flexibility index (Phi) is 1.67. The second kappa shape index (κ2) is 2.91. The third kappa shape index (κ3) is 1.18. The normalized spacial score (nSPS) is 11.3. The van der Waals surface area contributed by atoms with E-state index in [0.29, 0.717) is 0 Å². The molecule has 0 atom stereocenters. The summed E-state index contributed by atoms with van der Waals surface area (Å²) >= 11 is 5.97. The van der Waals surface area contributed by atoms with E-state index in [1.54, 1.807) is 0 Å². The van der Waals surface area contributed by atoms with Crippen LogP contribution in [-0.2, 0) is 0 Å².